The van der Waals surface area contributed by atoms with Gasteiger partial charge < -0.3 is 5.32 Å². The van der Waals surface area contributed by atoms with Crippen LogP contribution in [0.5, 0.6) is 0 Å². The minimum absolute atomic E-state index is 0.187. The molecular formula is C7H19N3O2S. The lowest BCUT2D eigenvalue weighted by Crippen LogP contribution is -2.37. The Hall–Kier alpha value is -0.170. The maximum Gasteiger partial charge on any atom is 0.224 e. The zero-order valence-electron chi connectivity index (χ0n) is 8.50. The van der Waals surface area contributed by atoms with Crippen molar-refractivity contribution in [2.75, 3.05) is 33.4 Å². The molecule has 0 radical (unpaired) electrons. The summed E-state index contributed by atoms with van der Waals surface area (Å²) in [6.45, 7) is 0.859. The molecule has 0 heterocycles. The van der Waals surface area contributed by atoms with E-state index < -0.39 is 10.0 Å². The fourth-order valence-corrected chi connectivity index (χ4v) is 2.15. The van der Waals surface area contributed by atoms with E-state index in [1.807, 2.05) is 7.05 Å². The molecule has 5 nitrogen and oxygen atoms in total. The summed E-state index contributed by atoms with van der Waals surface area (Å²) < 4.78 is 22.5. The normalized spacial score (nSPS) is 12.3. The predicted molar refractivity (Wildman–Crippen MR) is 53.8 cm³/mol. The lowest BCUT2D eigenvalue weighted by atomic mass is 10.3. The number of sulfonamides is 1. The van der Waals surface area contributed by atoms with Crippen molar-refractivity contribution in [3.8, 4) is 0 Å². The van der Waals surface area contributed by atoms with Gasteiger partial charge in [-0.05, 0) is 26.4 Å². The van der Waals surface area contributed by atoms with Gasteiger partial charge in [0.15, 0.2) is 0 Å². The van der Waals surface area contributed by atoms with Gasteiger partial charge in [0, 0.05) is 14.1 Å². The topological polar surface area (TPSA) is 61.4 Å². The lowest BCUT2D eigenvalue weighted by Gasteiger charge is -2.11. The first-order valence-electron chi connectivity index (χ1n) is 4.30. The summed E-state index contributed by atoms with van der Waals surface area (Å²) >= 11 is 0. The molecule has 0 atom stereocenters. The third-order valence-corrected chi connectivity index (χ3v) is 2.88. The van der Waals surface area contributed by atoms with Crippen LogP contribution in [0.25, 0.3) is 0 Å². The van der Waals surface area contributed by atoms with Crippen molar-refractivity contribution in [3.05, 3.63) is 0 Å². The second-order valence-electron chi connectivity index (χ2n) is 3.12. The average molecular weight is 209 g/mol. The molecule has 0 saturated heterocycles. The lowest BCUT2D eigenvalue weighted by molar-refractivity contribution is 0.363. The SMILES string of the molecule is CNCCCCS(=O)(=O)NN(C)C. The molecule has 0 aliphatic carbocycles. The van der Waals surface area contributed by atoms with Crippen molar-refractivity contribution in [1.29, 1.82) is 0 Å². The van der Waals surface area contributed by atoms with Crippen LogP contribution in [0.3, 0.4) is 0 Å². The number of unbranched alkanes of at least 4 members (excludes halogenated alkanes) is 1. The number of nitrogens with zero attached hydrogens (tertiary/aromatic N) is 1. The van der Waals surface area contributed by atoms with E-state index in [4.69, 9.17) is 0 Å². The zero-order valence-corrected chi connectivity index (χ0v) is 9.32. The number of nitrogens with one attached hydrogen (secondary N) is 2. The van der Waals surface area contributed by atoms with E-state index in [9.17, 15) is 8.42 Å². The molecule has 0 aliphatic rings. The van der Waals surface area contributed by atoms with Gasteiger partial charge in [0.2, 0.25) is 10.0 Å². The molecular weight excluding hydrogens is 190 g/mol. The molecule has 0 aromatic heterocycles. The summed E-state index contributed by atoms with van der Waals surface area (Å²) in [5, 5.41) is 4.41. The van der Waals surface area contributed by atoms with E-state index in [1.54, 1.807) is 14.1 Å². The Bertz CT molecular complexity index is 214. The van der Waals surface area contributed by atoms with Gasteiger partial charge in [-0.15, -0.1) is 4.83 Å². The standard InChI is InChI=1S/C7H19N3O2S/c1-8-6-4-5-7-13(11,12)9-10(2)3/h8-9H,4-7H2,1-3H3. The van der Waals surface area contributed by atoms with Crippen molar-refractivity contribution in [2.24, 2.45) is 0 Å². The molecule has 6 heteroatoms. The summed E-state index contributed by atoms with van der Waals surface area (Å²) in [5.74, 6) is 0.187. The number of rotatable bonds is 7. The first-order chi connectivity index (χ1) is 5.98. The summed E-state index contributed by atoms with van der Waals surface area (Å²) in [6, 6.07) is 0. The van der Waals surface area contributed by atoms with Gasteiger partial charge in [0.05, 0.1) is 5.75 Å². The Kier molecular flexibility index (Phi) is 6.23. The molecule has 0 aromatic carbocycles. The summed E-state index contributed by atoms with van der Waals surface area (Å²) in [5.41, 5.74) is 0. The molecule has 0 spiro atoms. The van der Waals surface area contributed by atoms with Gasteiger partial charge in [-0.3, -0.25) is 0 Å². The van der Waals surface area contributed by atoms with Crippen molar-refractivity contribution in [1.82, 2.24) is 15.2 Å². The van der Waals surface area contributed by atoms with Crippen LogP contribution in [0, 0.1) is 0 Å². The monoisotopic (exact) mass is 209 g/mol. The van der Waals surface area contributed by atoms with E-state index in [-0.39, 0.29) is 5.75 Å². The minimum Gasteiger partial charge on any atom is -0.320 e. The van der Waals surface area contributed by atoms with Gasteiger partial charge in [-0.1, -0.05) is 0 Å². The second-order valence-corrected chi connectivity index (χ2v) is 4.94. The Morgan fingerprint density at radius 2 is 1.85 bits per heavy atom. The van der Waals surface area contributed by atoms with Crippen molar-refractivity contribution < 1.29 is 8.42 Å². The van der Waals surface area contributed by atoms with E-state index in [0.29, 0.717) is 6.42 Å². The number of hydrogen-bond donors (Lipinski definition) is 2. The fraction of sp³-hybridized carbons (Fsp3) is 1.00. The first-order valence-corrected chi connectivity index (χ1v) is 5.95. The Morgan fingerprint density at radius 3 is 2.31 bits per heavy atom. The molecule has 0 unspecified atom stereocenters. The van der Waals surface area contributed by atoms with Crippen LogP contribution < -0.4 is 10.1 Å². The van der Waals surface area contributed by atoms with Crippen LogP contribution in [-0.4, -0.2) is 46.9 Å². The highest BCUT2D eigenvalue weighted by molar-refractivity contribution is 7.89. The molecule has 2 N–H and O–H groups in total. The van der Waals surface area contributed by atoms with Crippen LogP contribution in [0.1, 0.15) is 12.8 Å². The fourth-order valence-electron chi connectivity index (χ4n) is 0.918. The maximum absolute atomic E-state index is 11.2. The largest absolute Gasteiger partial charge is 0.320 e. The molecule has 13 heavy (non-hydrogen) atoms. The highest BCUT2D eigenvalue weighted by Gasteiger charge is 2.09. The first kappa shape index (κ1) is 12.8. The molecule has 0 amide bonds. The van der Waals surface area contributed by atoms with Crippen LogP contribution in [0.4, 0.5) is 0 Å². The molecule has 80 valence electrons. The Labute approximate surface area is 80.5 Å². The minimum atomic E-state index is -3.11. The molecule has 0 bridgehead atoms. The van der Waals surface area contributed by atoms with Gasteiger partial charge in [0.1, 0.15) is 0 Å². The van der Waals surface area contributed by atoms with Crippen LogP contribution in [0.2, 0.25) is 0 Å². The Morgan fingerprint density at radius 1 is 1.23 bits per heavy atom. The summed E-state index contributed by atoms with van der Waals surface area (Å²) in [6.07, 6.45) is 1.56. The van der Waals surface area contributed by atoms with E-state index in [1.165, 1.54) is 5.01 Å². The smallest absolute Gasteiger partial charge is 0.224 e. The summed E-state index contributed by atoms with van der Waals surface area (Å²) in [7, 11) is 2.06. The number of hydrazine groups is 1. The third kappa shape index (κ3) is 8.17. The van der Waals surface area contributed by atoms with E-state index >= 15 is 0 Å². The Balaban J connectivity index is 3.64. The van der Waals surface area contributed by atoms with Gasteiger partial charge in [-0.2, -0.15) is 0 Å². The van der Waals surface area contributed by atoms with Crippen LogP contribution in [0.15, 0.2) is 0 Å². The van der Waals surface area contributed by atoms with Gasteiger partial charge >= 0.3 is 0 Å². The third-order valence-electron chi connectivity index (χ3n) is 1.41. The van der Waals surface area contributed by atoms with Crippen LogP contribution in [-0.2, 0) is 10.0 Å². The molecule has 0 fully saturated rings. The summed E-state index contributed by atoms with van der Waals surface area (Å²) in [4.78, 5) is 2.38. The van der Waals surface area contributed by atoms with Crippen molar-refractivity contribution >= 4 is 10.0 Å². The quantitative estimate of drug-likeness (QED) is 0.433. The van der Waals surface area contributed by atoms with Crippen molar-refractivity contribution in [2.45, 2.75) is 12.8 Å². The van der Waals surface area contributed by atoms with Gasteiger partial charge in [0.25, 0.3) is 0 Å². The highest BCUT2D eigenvalue weighted by Crippen LogP contribution is 1.93. The molecule has 0 aliphatic heterocycles. The maximum atomic E-state index is 11.2. The second kappa shape index (κ2) is 6.31. The number of hydrogen-bond acceptors (Lipinski definition) is 4. The highest BCUT2D eigenvalue weighted by atomic mass is 32.2. The van der Waals surface area contributed by atoms with Gasteiger partial charge in [-0.25, -0.2) is 13.4 Å². The molecule has 0 saturated carbocycles. The average Bonchev–Trinajstić information content (AvgIpc) is 1.95. The van der Waals surface area contributed by atoms with E-state index in [0.717, 1.165) is 13.0 Å². The molecule has 0 aromatic rings. The van der Waals surface area contributed by atoms with Crippen LogP contribution >= 0.6 is 0 Å². The molecule has 0 rings (SSSR count). The predicted octanol–water partition coefficient (Wildman–Crippen LogP) is -0.618. The van der Waals surface area contributed by atoms with Crippen molar-refractivity contribution in [3.63, 3.8) is 0 Å². The van der Waals surface area contributed by atoms with E-state index in [2.05, 4.69) is 10.1 Å². The zero-order chi connectivity index (χ0) is 10.3.